The molecule has 0 bridgehead atoms. The summed E-state index contributed by atoms with van der Waals surface area (Å²) in [6.07, 6.45) is 13.5. The maximum absolute atomic E-state index is 13.0. The highest BCUT2D eigenvalue weighted by Gasteiger charge is 2.41. The van der Waals surface area contributed by atoms with Crippen molar-refractivity contribution in [2.45, 2.75) is 69.9 Å². The van der Waals surface area contributed by atoms with Crippen molar-refractivity contribution < 1.29 is 4.79 Å². The van der Waals surface area contributed by atoms with Gasteiger partial charge in [-0.25, -0.2) is 9.97 Å². The van der Waals surface area contributed by atoms with Crippen molar-refractivity contribution >= 4 is 17.4 Å². The number of carbonyl (C=O) groups excluding carboxylic acids is 1. The summed E-state index contributed by atoms with van der Waals surface area (Å²) in [6, 6.07) is 0.249. The van der Waals surface area contributed by atoms with Gasteiger partial charge in [-0.2, -0.15) is 4.98 Å². The number of rotatable bonds is 4. The quantitative estimate of drug-likeness (QED) is 0.832. The van der Waals surface area contributed by atoms with Gasteiger partial charge in [-0.05, 0) is 32.1 Å². The average Bonchev–Trinajstić information content (AvgIpc) is 3.18. The summed E-state index contributed by atoms with van der Waals surface area (Å²) in [6.45, 7) is 2.09. The third kappa shape index (κ3) is 2.63. The van der Waals surface area contributed by atoms with E-state index in [4.69, 9.17) is 4.98 Å². The molecule has 142 valence electrons. The Morgan fingerprint density at radius 2 is 1.93 bits per heavy atom. The molecule has 0 radical (unpaired) electrons. The summed E-state index contributed by atoms with van der Waals surface area (Å²) >= 11 is 0. The van der Waals surface area contributed by atoms with Crippen molar-refractivity contribution in [3.63, 3.8) is 0 Å². The van der Waals surface area contributed by atoms with Gasteiger partial charge < -0.3 is 9.80 Å². The first-order chi connectivity index (χ1) is 13.2. The zero-order chi connectivity index (χ0) is 18.5. The molecule has 2 aliphatic carbocycles. The Bertz CT molecular complexity index is 867. The first kappa shape index (κ1) is 16.7. The van der Waals surface area contributed by atoms with E-state index in [0.29, 0.717) is 17.9 Å². The molecule has 1 aliphatic heterocycles. The van der Waals surface area contributed by atoms with Crippen LogP contribution >= 0.6 is 0 Å². The number of likely N-dealkylation sites (N-methyl/N-ethyl adjacent to an activating group) is 1. The van der Waals surface area contributed by atoms with Crippen molar-refractivity contribution in [2.24, 2.45) is 0 Å². The second-order valence-electron chi connectivity index (χ2n) is 7.98. The minimum atomic E-state index is -0.140. The Morgan fingerprint density at radius 3 is 2.63 bits per heavy atom. The number of nitrogens with zero attached hydrogens (tertiary/aromatic N) is 6. The van der Waals surface area contributed by atoms with Crippen LogP contribution in [0.1, 0.15) is 63.6 Å². The predicted octanol–water partition coefficient (Wildman–Crippen LogP) is 3.04. The zero-order valence-electron chi connectivity index (χ0n) is 16.0. The molecule has 0 unspecified atom stereocenters. The highest BCUT2D eigenvalue weighted by atomic mass is 16.2. The van der Waals surface area contributed by atoms with Gasteiger partial charge in [0.15, 0.2) is 5.82 Å². The second-order valence-corrected chi connectivity index (χ2v) is 7.98. The minimum Gasteiger partial charge on any atom is -0.340 e. The zero-order valence-corrected chi connectivity index (χ0v) is 16.0. The molecular weight excluding hydrogens is 340 g/mol. The molecule has 7 heteroatoms. The molecule has 2 saturated carbocycles. The molecule has 0 aromatic carbocycles. The van der Waals surface area contributed by atoms with E-state index in [2.05, 4.69) is 21.8 Å². The lowest BCUT2D eigenvalue weighted by Gasteiger charge is -2.43. The van der Waals surface area contributed by atoms with E-state index < -0.39 is 0 Å². The van der Waals surface area contributed by atoms with Crippen molar-refractivity contribution in [1.82, 2.24) is 19.5 Å². The number of fused-ring (bicyclic) bond motifs is 1. The topological polar surface area (TPSA) is 67.2 Å². The average molecular weight is 366 g/mol. The van der Waals surface area contributed by atoms with Crippen molar-refractivity contribution in [3.8, 4) is 5.95 Å². The Labute approximate surface area is 159 Å². The maximum Gasteiger partial charge on any atom is 0.249 e. The highest BCUT2D eigenvalue weighted by molar-refractivity contribution is 6.04. The Balaban J connectivity index is 1.62. The largest absolute Gasteiger partial charge is 0.340 e. The molecular formula is C20H26N6O. The highest BCUT2D eigenvalue weighted by Crippen LogP contribution is 2.41. The molecule has 0 saturated heterocycles. The van der Waals surface area contributed by atoms with Crippen LogP contribution in [0.2, 0.25) is 0 Å². The molecule has 5 rings (SSSR count). The number of aromatic nitrogens is 4. The fraction of sp³-hybridized carbons (Fsp3) is 0.600. The molecule has 3 aliphatic rings. The van der Waals surface area contributed by atoms with Crippen molar-refractivity contribution in [2.75, 3.05) is 16.8 Å². The minimum absolute atomic E-state index is 0.140. The molecule has 7 nitrogen and oxygen atoms in total. The summed E-state index contributed by atoms with van der Waals surface area (Å²) in [7, 11) is 1.84. The van der Waals surface area contributed by atoms with Crippen molar-refractivity contribution in [1.29, 1.82) is 0 Å². The standard InChI is InChI=1S/C20H26N6O/c1-3-15-19(27)24(2)16-12-22-20(25-11-10-21-17(25)13-8-9-13)23-18(16)26(15)14-6-4-5-7-14/h10-15H,3-9H2,1-2H3/t15-/m1/s1. The Kier molecular flexibility index (Phi) is 3.91. The summed E-state index contributed by atoms with van der Waals surface area (Å²) in [4.78, 5) is 31.1. The van der Waals surface area contributed by atoms with E-state index in [9.17, 15) is 4.79 Å². The third-order valence-electron chi connectivity index (χ3n) is 6.23. The smallest absolute Gasteiger partial charge is 0.249 e. The van der Waals surface area contributed by atoms with Gasteiger partial charge in [-0.15, -0.1) is 0 Å². The monoisotopic (exact) mass is 366 g/mol. The van der Waals surface area contributed by atoms with E-state index in [1.54, 1.807) is 11.1 Å². The molecule has 1 amide bonds. The lowest BCUT2D eigenvalue weighted by Crippen LogP contribution is -2.55. The van der Waals surface area contributed by atoms with Crippen LogP contribution < -0.4 is 9.80 Å². The number of amides is 1. The first-order valence-corrected chi connectivity index (χ1v) is 10.2. The SMILES string of the molecule is CC[C@@H]1C(=O)N(C)c2cnc(-n3ccnc3C3CC3)nc2N1C1CCCC1. The lowest BCUT2D eigenvalue weighted by atomic mass is 10.0. The summed E-state index contributed by atoms with van der Waals surface area (Å²) in [5, 5.41) is 0. The normalized spacial score (nSPS) is 23.2. The second kappa shape index (κ2) is 6.32. The van der Waals surface area contributed by atoms with Gasteiger partial charge in [0.2, 0.25) is 11.9 Å². The van der Waals surface area contributed by atoms with Crippen LogP contribution in [0.5, 0.6) is 0 Å². The van der Waals surface area contributed by atoms with Gasteiger partial charge in [-0.3, -0.25) is 9.36 Å². The van der Waals surface area contributed by atoms with E-state index >= 15 is 0 Å². The number of anilines is 2. The molecule has 2 aromatic rings. The molecule has 0 N–H and O–H groups in total. The van der Waals surface area contributed by atoms with Crippen LogP contribution in [-0.2, 0) is 4.79 Å². The van der Waals surface area contributed by atoms with E-state index in [1.165, 1.54) is 25.7 Å². The van der Waals surface area contributed by atoms with Gasteiger partial charge in [0, 0.05) is 31.4 Å². The van der Waals surface area contributed by atoms with Crippen LogP contribution in [0.4, 0.5) is 11.5 Å². The maximum atomic E-state index is 13.0. The van der Waals surface area contributed by atoms with Gasteiger partial charge in [-0.1, -0.05) is 19.8 Å². The molecule has 2 fully saturated rings. The fourth-order valence-electron chi connectivity index (χ4n) is 4.62. The molecule has 2 aromatic heterocycles. The number of hydrogen-bond acceptors (Lipinski definition) is 5. The number of hydrogen-bond donors (Lipinski definition) is 0. The molecule has 3 heterocycles. The fourth-order valence-corrected chi connectivity index (χ4v) is 4.62. The van der Waals surface area contributed by atoms with E-state index in [-0.39, 0.29) is 11.9 Å². The van der Waals surface area contributed by atoms with E-state index in [1.807, 2.05) is 24.0 Å². The third-order valence-corrected chi connectivity index (χ3v) is 6.23. The van der Waals surface area contributed by atoms with Crippen LogP contribution in [0.25, 0.3) is 5.95 Å². The molecule has 1 atom stereocenters. The Morgan fingerprint density at radius 1 is 1.15 bits per heavy atom. The summed E-state index contributed by atoms with van der Waals surface area (Å²) in [5.41, 5.74) is 0.813. The molecule has 27 heavy (non-hydrogen) atoms. The Hall–Kier alpha value is -2.44. The predicted molar refractivity (Wildman–Crippen MR) is 103 cm³/mol. The van der Waals surface area contributed by atoms with E-state index in [0.717, 1.165) is 36.6 Å². The van der Waals surface area contributed by atoms with Crippen LogP contribution in [-0.4, -0.2) is 44.6 Å². The molecule has 0 spiro atoms. The van der Waals surface area contributed by atoms with Crippen LogP contribution in [0, 0.1) is 0 Å². The summed E-state index contributed by atoms with van der Waals surface area (Å²) < 4.78 is 2.02. The van der Waals surface area contributed by atoms with Crippen LogP contribution in [0.3, 0.4) is 0 Å². The van der Waals surface area contributed by atoms with Crippen molar-refractivity contribution in [3.05, 3.63) is 24.4 Å². The van der Waals surface area contributed by atoms with Gasteiger partial charge >= 0.3 is 0 Å². The summed E-state index contributed by atoms with van der Waals surface area (Å²) in [5.74, 6) is 3.28. The lowest BCUT2D eigenvalue weighted by molar-refractivity contribution is -0.120. The van der Waals surface area contributed by atoms with Gasteiger partial charge in [0.05, 0.1) is 6.20 Å². The van der Waals surface area contributed by atoms with Crippen LogP contribution in [0.15, 0.2) is 18.6 Å². The first-order valence-electron chi connectivity index (χ1n) is 10.2. The van der Waals surface area contributed by atoms with Gasteiger partial charge in [0.1, 0.15) is 17.6 Å². The number of carbonyl (C=O) groups is 1. The number of imidazole rings is 1. The van der Waals surface area contributed by atoms with Gasteiger partial charge in [0.25, 0.3) is 0 Å².